The van der Waals surface area contributed by atoms with Crippen molar-refractivity contribution >= 4 is 17.3 Å². The van der Waals surface area contributed by atoms with Crippen molar-refractivity contribution in [2.24, 2.45) is 0 Å². The lowest BCUT2D eigenvalue weighted by atomic mass is 10.1. The van der Waals surface area contributed by atoms with E-state index in [9.17, 15) is 19.0 Å². The van der Waals surface area contributed by atoms with Gasteiger partial charge < -0.3 is 20.4 Å². The second-order valence-electron chi connectivity index (χ2n) is 7.86. The average Bonchev–Trinajstić information content (AvgIpc) is 3.22. The van der Waals surface area contributed by atoms with Gasteiger partial charge in [0.05, 0.1) is 24.9 Å². The Balaban J connectivity index is 0.00000204. The molecule has 10 heteroatoms. The standard InChI is InChI=1S/C22H26F2N6O2.2H2/c1-15-6-18(11-19(7-15)28-2-4-29(5-3-28)21(12-31)13-32)26-22-25-14-30(27-22)20-9-16(23)8-17(24)10-20;;/h6-11,14,21,31-32H,2-5,12-13H2,1H3,(H,26,27);2*1H. The zero-order chi connectivity index (χ0) is 22.7. The molecule has 2 heterocycles. The number of piperazine rings is 1. The highest BCUT2D eigenvalue weighted by Crippen LogP contribution is 2.25. The third kappa shape index (κ3) is 5.04. The number of halogens is 2. The van der Waals surface area contributed by atoms with E-state index in [1.54, 1.807) is 0 Å². The third-order valence-corrected chi connectivity index (χ3v) is 5.54. The molecule has 3 aromatic rings. The van der Waals surface area contributed by atoms with Gasteiger partial charge in [0.15, 0.2) is 0 Å². The molecule has 0 spiro atoms. The number of aliphatic hydroxyl groups excluding tert-OH is 2. The molecule has 1 aliphatic heterocycles. The van der Waals surface area contributed by atoms with Crippen LogP contribution in [0.5, 0.6) is 0 Å². The maximum Gasteiger partial charge on any atom is 0.246 e. The van der Waals surface area contributed by atoms with Gasteiger partial charge in [0.1, 0.15) is 18.0 Å². The van der Waals surface area contributed by atoms with Crippen molar-refractivity contribution in [1.82, 2.24) is 19.7 Å². The Hall–Kier alpha value is -3.08. The van der Waals surface area contributed by atoms with Crippen molar-refractivity contribution < 1.29 is 21.8 Å². The molecule has 1 saturated heterocycles. The van der Waals surface area contributed by atoms with Crippen LogP contribution < -0.4 is 10.2 Å². The predicted molar refractivity (Wildman–Crippen MR) is 122 cm³/mol. The normalized spacial score (nSPS) is 14.9. The fourth-order valence-electron chi connectivity index (χ4n) is 3.90. The SMILES string of the molecule is Cc1cc(Nc2ncn(-c3cc(F)cc(F)c3)n2)cc(N2CCN(C(CO)CO)CC2)c1.[HH].[HH]. The van der Waals surface area contributed by atoms with Gasteiger partial charge in [-0.25, -0.2) is 13.5 Å². The number of aryl methyl sites for hydroxylation is 1. The second-order valence-corrected chi connectivity index (χ2v) is 7.86. The molecule has 0 aliphatic carbocycles. The van der Waals surface area contributed by atoms with Crippen LogP contribution in [0.3, 0.4) is 0 Å². The minimum absolute atomic E-state index is 0. The van der Waals surface area contributed by atoms with E-state index in [-0.39, 0.29) is 27.8 Å². The Morgan fingerprint density at radius 3 is 2.31 bits per heavy atom. The van der Waals surface area contributed by atoms with Gasteiger partial charge in [-0.15, -0.1) is 5.10 Å². The molecule has 32 heavy (non-hydrogen) atoms. The number of nitrogens with one attached hydrogen (secondary N) is 1. The van der Waals surface area contributed by atoms with Crippen LogP contribution in [0.1, 0.15) is 8.42 Å². The first-order valence-electron chi connectivity index (χ1n) is 10.4. The van der Waals surface area contributed by atoms with E-state index >= 15 is 0 Å². The van der Waals surface area contributed by atoms with Gasteiger partial charge >= 0.3 is 0 Å². The quantitative estimate of drug-likeness (QED) is 0.512. The summed E-state index contributed by atoms with van der Waals surface area (Å²) in [5.41, 5.74) is 3.15. The van der Waals surface area contributed by atoms with E-state index in [0.29, 0.717) is 5.95 Å². The van der Waals surface area contributed by atoms with Gasteiger partial charge in [-0.2, -0.15) is 4.98 Å². The van der Waals surface area contributed by atoms with Gasteiger partial charge in [0.25, 0.3) is 0 Å². The summed E-state index contributed by atoms with van der Waals surface area (Å²) >= 11 is 0. The van der Waals surface area contributed by atoms with Crippen molar-refractivity contribution in [3.8, 4) is 5.69 Å². The molecule has 0 amide bonds. The van der Waals surface area contributed by atoms with Gasteiger partial charge in [-0.05, 0) is 42.8 Å². The second kappa shape index (κ2) is 9.60. The molecule has 0 unspecified atom stereocenters. The average molecular weight is 449 g/mol. The lowest BCUT2D eigenvalue weighted by molar-refractivity contribution is 0.0700. The topological polar surface area (TPSA) is 89.7 Å². The summed E-state index contributed by atoms with van der Waals surface area (Å²) in [6.45, 7) is 4.93. The first kappa shape index (κ1) is 22.1. The fourth-order valence-corrected chi connectivity index (χ4v) is 3.90. The van der Waals surface area contributed by atoms with Crippen LogP contribution >= 0.6 is 0 Å². The smallest absolute Gasteiger partial charge is 0.246 e. The first-order chi connectivity index (χ1) is 15.4. The molecule has 3 N–H and O–H groups in total. The Kier molecular flexibility index (Phi) is 6.63. The zero-order valence-electron chi connectivity index (χ0n) is 17.7. The minimum Gasteiger partial charge on any atom is -0.395 e. The molecule has 0 radical (unpaired) electrons. The van der Waals surface area contributed by atoms with Gasteiger partial charge in [0.2, 0.25) is 5.95 Å². The molecule has 0 bridgehead atoms. The van der Waals surface area contributed by atoms with Crippen molar-refractivity contribution in [3.63, 3.8) is 0 Å². The van der Waals surface area contributed by atoms with Crippen LogP contribution in [0.4, 0.5) is 26.1 Å². The molecule has 0 saturated carbocycles. The summed E-state index contributed by atoms with van der Waals surface area (Å²) in [6.07, 6.45) is 1.39. The molecule has 1 fully saturated rings. The Bertz CT molecular complexity index is 1060. The minimum atomic E-state index is -0.683. The first-order valence-corrected chi connectivity index (χ1v) is 10.4. The van der Waals surface area contributed by atoms with Crippen LogP contribution in [-0.2, 0) is 0 Å². The molecular formula is C22H30F2N6O2. The predicted octanol–water partition coefficient (Wildman–Crippen LogP) is 2.56. The van der Waals surface area contributed by atoms with Gasteiger partial charge in [-0.1, -0.05) is 0 Å². The lowest BCUT2D eigenvalue weighted by Gasteiger charge is -2.39. The number of hydrogen-bond acceptors (Lipinski definition) is 7. The summed E-state index contributed by atoms with van der Waals surface area (Å²) in [5, 5.41) is 26.2. The molecule has 8 nitrogen and oxygen atoms in total. The highest BCUT2D eigenvalue weighted by atomic mass is 19.1. The van der Waals surface area contributed by atoms with E-state index in [1.165, 1.54) is 23.1 Å². The van der Waals surface area contributed by atoms with Crippen molar-refractivity contribution in [1.29, 1.82) is 0 Å². The number of nitrogens with zero attached hydrogens (tertiary/aromatic N) is 5. The molecular weight excluding hydrogens is 418 g/mol. The number of aliphatic hydroxyl groups is 2. The Morgan fingerprint density at radius 1 is 0.969 bits per heavy atom. The third-order valence-electron chi connectivity index (χ3n) is 5.54. The van der Waals surface area contributed by atoms with Crippen molar-refractivity contribution in [2.45, 2.75) is 13.0 Å². The maximum atomic E-state index is 13.5. The molecule has 2 aromatic carbocycles. The summed E-state index contributed by atoms with van der Waals surface area (Å²) in [4.78, 5) is 8.54. The van der Waals surface area contributed by atoms with Gasteiger partial charge in [-0.3, -0.25) is 4.90 Å². The van der Waals surface area contributed by atoms with Crippen molar-refractivity contribution in [2.75, 3.05) is 49.6 Å². The van der Waals surface area contributed by atoms with Crippen LogP contribution in [-0.4, -0.2) is 75.3 Å². The highest BCUT2D eigenvalue weighted by molar-refractivity contribution is 5.64. The number of aromatic nitrogens is 3. The maximum absolute atomic E-state index is 13.5. The van der Waals surface area contributed by atoms with Crippen molar-refractivity contribution in [3.05, 3.63) is 59.9 Å². The fraction of sp³-hybridized carbons (Fsp3) is 0.364. The van der Waals surface area contributed by atoms with E-state index in [0.717, 1.165) is 49.2 Å². The summed E-state index contributed by atoms with van der Waals surface area (Å²) in [6, 6.07) is 9.02. The van der Waals surface area contributed by atoms with Crippen LogP contribution in [0.2, 0.25) is 0 Å². The van der Waals surface area contributed by atoms with E-state index in [1.807, 2.05) is 19.1 Å². The number of anilines is 3. The van der Waals surface area contributed by atoms with Gasteiger partial charge in [0, 0.05) is 46.5 Å². The molecule has 174 valence electrons. The molecule has 4 rings (SSSR count). The molecule has 1 aliphatic rings. The van der Waals surface area contributed by atoms with E-state index in [2.05, 4.69) is 31.3 Å². The Labute approximate surface area is 187 Å². The summed E-state index contributed by atoms with van der Waals surface area (Å²) in [5.74, 6) is -1.06. The molecule has 1 aromatic heterocycles. The monoisotopic (exact) mass is 448 g/mol. The van der Waals surface area contributed by atoms with E-state index < -0.39 is 11.6 Å². The lowest BCUT2D eigenvalue weighted by Crippen LogP contribution is -2.52. The zero-order valence-corrected chi connectivity index (χ0v) is 17.7. The number of rotatable bonds is 7. The number of hydrogen-bond donors (Lipinski definition) is 3. The highest BCUT2D eigenvalue weighted by Gasteiger charge is 2.23. The number of benzene rings is 2. The van der Waals surface area contributed by atoms with Crippen LogP contribution in [0.15, 0.2) is 42.7 Å². The largest absolute Gasteiger partial charge is 0.395 e. The van der Waals surface area contributed by atoms with E-state index in [4.69, 9.17) is 0 Å². The summed E-state index contributed by atoms with van der Waals surface area (Å²) in [7, 11) is 0. The molecule has 0 atom stereocenters. The Morgan fingerprint density at radius 2 is 1.66 bits per heavy atom. The summed E-state index contributed by atoms with van der Waals surface area (Å²) < 4.78 is 28.3. The van der Waals surface area contributed by atoms with Crippen LogP contribution in [0.25, 0.3) is 5.69 Å². The van der Waals surface area contributed by atoms with Crippen LogP contribution in [0, 0.1) is 18.6 Å².